The first-order valence-corrected chi connectivity index (χ1v) is 8.25. The summed E-state index contributed by atoms with van der Waals surface area (Å²) < 4.78 is 5.66. The van der Waals surface area contributed by atoms with E-state index in [1.165, 1.54) is 0 Å². The van der Waals surface area contributed by atoms with E-state index in [0.29, 0.717) is 17.1 Å². The van der Waals surface area contributed by atoms with E-state index in [0.717, 1.165) is 30.8 Å². The molecule has 1 amide bonds. The van der Waals surface area contributed by atoms with E-state index in [4.69, 9.17) is 4.74 Å². The zero-order valence-corrected chi connectivity index (χ0v) is 12.9. The van der Waals surface area contributed by atoms with Gasteiger partial charge in [-0.1, -0.05) is 32.0 Å². The molecular weight excluding hydrogens is 270 g/mol. The number of ether oxygens (including phenoxy) is 1. The molecule has 0 aromatic heterocycles. The number of fused-ring (bicyclic) bond motifs is 1. The maximum absolute atomic E-state index is 12.9. The average molecular weight is 291 g/mol. The Hall–Kier alpha value is -1.16. The van der Waals surface area contributed by atoms with Gasteiger partial charge in [0.1, 0.15) is 5.75 Å². The number of carbonyl (C=O) groups is 1. The van der Waals surface area contributed by atoms with E-state index >= 15 is 0 Å². The number of benzene rings is 1. The molecule has 1 saturated heterocycles. The Labute approximate surface area is 124 Å². The lowest BCUT2D eigenvalue weighted by Gasteiger charge is -2.37. The van der Waals surface area contributed by atoms with Crippen LogP contribution in [-0.4, -0.2) is 41.0 Å². The van der Waals surface area contributed by atoms with Crippen LogP contribution in [0.1, 0.15) is 31.7 Å². The number of thioether (sulfide) groups is 1. The molecule has 20 heavy (non-hydrogen) atoms. The second-order valence-electron chi connectivity index (χ2n) is 5.73. The Kier molecular flexibility index (Phi) is 3.92. The van der Waals surface area contributed by atoms with Gasteiger partial charge in [0.15, 0.2) is 0 Å². The van der Waals surface area contributed by atoms with Crippen LogP contribution >= 0.6 is 11.8 Å². The number of nitrogens with zero attached hydrogens (tertiary/aromatic N) is 1. The van der Waals surface area contributed by atoms with Crippen molar-refractivity contribution in [2.75, 3.05) is 19.7 Å². The van der Waals surface area contributed by atoms with E-state index in [9.17, 15) is 4.79 Å². The van der Waals surface area contributed by atoms with E-state index in [2.05, 4.69) is 18.7 Å². The number of rotatable bonds is 1. The second kappa shape index (κ2) is 5.68. The van der Waals surface area contributed by atoms with Crippen molar-refractivity contribution >= 4 is 17.7 Å². The zero-order chi connectivity index (χ0) is 14.1. The summed E-state index contributed by atoms with van der Waals surface area (Å²) in [7, 11) is 0. The van der Waals surface area contributed by atoms with Gasteiger partial charge in [0.2, 0.25) is 5.91 Å². The van der Waals surface area contributed by atoms with E-state index in [1.807, 2.05) is 36.0 Å². The SMILES string of the molecule is CC1CN(C(=O)C2CCOc3ccccc32)CC(C)S1. The molecule has 1 aromatic rings. The smallest absolute Gasteiger partial charge is 0.230 e. The van der Waals surface area contributed by atoms with Crippen LogP contribution in [0, 0.1) is 0 Å². The number of carbonyl (C=O) groups excluding carboxylic acids is 1. The molecule has 3 unspecified atom stereocenters. The number of para-hydroxylation sites is 1. The number of hydrogen-bond donors (Lipinski definition) is 0. The first-order valence-electron chi connectivity index (χ1n) is 7.31. The molecular formula is C16H21NO2S. The molecule has 1 fully saturated rings. The highest BCUT2D eigenvalue weighted by molar-refractivity contribution is 8.00. The summed E-state index contributed by atoms with van der Waals surface area (Å²) >= 11 is 1.98. The van der Waals surface area contributed by atoms with Gasteiger partial charge < -0.3 is 9.64 Å². The van der Waals surface area contributed by atoms with E-state index < -0.39 is 0 Å². The minimum absolute atomic E-state index is 0.0255. The van der Waals surface area contributed by atoms with Gasteiger partial charge in [-0.2, -0.15) is 11.8 Å². The maximum Gasteiger partial charge on any atom is 0.230 e. The van der Waals surface area contributed by atoms with Crippen molar-refractivity contribution in [1.82, 2.24) is 4.90 Å². The monoisotopic (exact) mass is 291 g/mol. The predicted molar refractivity (Wildman–Crippen MR) is 82.4 cm³/mol. The van der Waals surface area contributed by atoms with Gasteiger partial charge in [-0.3, -0.25) is 4.79 Å². The Morgan fingerprint density at radius 2 is 1.95 bits per heavy atom. The van der Waals surface area contributed by atoms with Crippen molar-refractivity contribution in [3.8, 4) is 5.75 Å². The summed E-state index contributed by atoms with van der Waals surface area (Å²) in [5.41, 5.74) is 1.06. The van der Waals surface area contributed by atoms with Gasteiger partial charge in [-0.05, 0) is 12.5 Å². The van der Waals surface area contributed by atoms with Gasteiger partial charge in [0.25, 0.3) is 0 Å². The molecule has 3 nitrogen and oxygen atoms in total. The molecule has 2 aliphatic rings. The van der Waals surface area contributed by atoms with Gasteiger partial charge in [0.05, 0.1) is 12.5 Å². The summed E-state index contributed by atoms with van der Waals surface area (Å²) in [6.07, 6.45) is 0.794. The number of hydrogen-bond acceptors (Lipinski definition) is 3. The lowest BCUT2D eigenvalue weighted by Crippen LogP contribution is -2.46. The first kappa shape index (κ1) is 13.8. The molecule has 108 valence electrons. The molecule has 0 radical (unpaired) electrons. The molecule has 3 rings (SSSR count). The van der Waals surface area contributed by atoms with Crippen molar-refractivity contribution in [2.45, 2.75) is 36.7 Å². The molecule has 1 aromatic carbocycles. The van der Waals surface area contributed by atoms with E-state index in [1.54, 1.807) is 0 Å². The fourth-order valence-corrected chi connectivity index (χ4v) is 4.50. The minimum atomic E-state index is -0.0255. The Morgan fingerprint density at radius 3 is 2.70 bits per heavy atom. The number of amides is 1. The van der Waals surface area contributed by atoms with Crippen LogP contribution in [0.3, 0.4) is 0 Å². The molecule has 2 aliphatic heterocycles. The lowest BCUT2D eigenvalue weighted by molar-refractivity contribution is -0.133. The van der Waals surface area contributed by atoms with Gasteiger partial charge in [-0.15, -0.1) is 0 Å². The Bertz CT molecular complexity index is 495. The van der Waals surface area contributed by atoms with Crippen molar-refractivity contribution in [1.29, 1.82) is 0 Å². The molecule has 0 N–H and O–H groups in total. The molecule has 3 atom stereocenters. The predicted octanol–water partition coefficient (Wildman–Crippen LogP) is 2.91. The van der Waals surface area contributed by atoms with Crippen LogP contribution in [0.5, 0.6) is 5.75 Å². The highest BCUT2D eigenvalue weighted by atomic mass is 32.2. The van der Waals surface area contributed by atoms with Crippen molar-refractivity contribution in [2.24, 2.45) is 0 Å². The average Bonchev–Trinajstić information content (AvgIpc) is 2.45. The molecule has 2 heterocycles. The molecule has 0 spiro atoms. The molecule has 4 heteroatoms. The third kappa shape index (κ3) is 2.66. The topological polar surface area (TPSA) is 29.5 Å². The summed E-state index contributed by atoms with van der Waals surface area (Å²) in [5, 5.41) is 1.05. The molecule has 0 bridgehead atoms. The Balaban J connectivity index is 1.81. The van der Waals surface area contributed by atoms with E-state index in [-0.39, 0.29) is 11.8 Å². The normalized spacial score (nSPS) is 29.5. The van der Waals surface area contributed by atoms with Crippen LogP contribution in [0.2, 0.25) is 0 Å². The summed E-state index contributed by atoms with van der Waals surface area (Å²) in [6.45, 7) is 6.79. The highest BCUT2D eigenvalue weighted by Crippen LogP contribution is 2.36. The lowest BCUT2D eigenvalue weighted by atomic mass is 9.91. The quantitative estimate of drug-likeness (QED) is 0.797. The van der Waals surface area contributed by atoms with Crippen LogP contribution in [0.25, 0.3) is 0 Å². The standard InChI is InChI=1S/C16H21NO2S/c1-11-9-17(10-12(2)20-11)16(18)14-7-8-19-15-6-4-3-5-13(14)15/h3-6,11-12,14H,7-10H2,1-2H3. The van der Waals surface area contributed by atoms with Gasteiger partial charge in [-0.25, -0.2) is 0 Å². The highest BCUT2D eigenvalue weighted by Gasteiger charge is 2.34. The third-order valence-corrected chi connectivity index (χ3v) is 5.22. The second-order valence-corrected chi connectivity index (χ2v) is 7.61. The summed E-state index contributed by atoms with van der Waals surface area (Å²) in [6, 6.07) is 7.95. The van der Waals surface area contributed by atoms with Gasteiger partial charge in [0, 0.05) is 29.2 Å². The third-order valence-electron chi connectivity index (χ3n) is 3.99. The van der Waals surface area contributed by atoms with Gasteiger partial charge >= 0.3 is 0 Å². The first-order chi connectivity index (χ1) is 9.65. The molecule has 0 saturated carbocycles. The fourth-order valence-electron chi connectivity index (χ4n) is 3.18. The van der Waals surface area contributed by atoms with Crippen molar-refractivity contribution in [3.63, 3.8) is 0 Å². The largest absolute Gasteiger partial charge is 0.493 e. The maximum atomic E-state index is 12.9. The van der Waals surface area contributed by atoms with Crippen LogP contribution in [0.4, 0.5) is 0 Å². The van der Waals surface area contributed by atoms with Crippen LogP contribution in [-0.2, 0) is 4.79 Å². The fraction of sp³-hybridized carbons (Fsp3) is 0.562. The zero-order valence-electron chi connectivity index (χ0n) is 12.0. The summed E-state index contributed by atoms with van der Waals surface area (Å²) in [4.78, 5) is 14.9. The summed E-state index contributed by atoms with van der Waals surface area (Å²) in [5.74, 6) is 1.13. The minimum Gasteiger partial charge on any atom is -0.493 e. The molecule has 0 aliphatic carbocycles. The van der Waals surface area contributed by atoms with Crippen LogP contribution in [0.15, 0.2) is 24.3 Å². The van der Waals surface area contributed by atoms with Crippen molar-refractivity contribution < 1.29 is 9.53 Å². The van der Waals surface area contributed by atoms with Crippen LogP contribution < -0.4 is 4.74 Å². The van der Waals surface area contributed by atoms with Crippen molar-refractivity contribution in [3.05, 3.63) is 29.8 Å². The Morgan fingerprint density at radius 1 is 1.25 bits per heavy atom.